The summed E-state index contributed by atoms with van der Waals surface area (Å²) in [6.45, 7) is 1.80. The molecule has 0 heterocycles. The third-order valence-corrected chi connectivity index (χ3v) is 5.14. The second-order valence-corrected chi connectivity index (χ2v) is 7.41. The fraction of sp³-hybridized carbons (Fsp3) is 0.462. The van der Waals surface area contributed by atoms with Gasteiger partial charge in [0.05, 0.1) is 18.6 Å². The standard InChI is InChI=1S/C13H19ClN2O4S/c1-9-7-11(12(20-4)8-10(9)14)15-13(17)5-6-21(18,19)16(2)3/h7-8H,5-6H2,1-4H3,(H,15,17). The number of aryl methyl sites for hydroxylation is 1. The summed E-state index contributed by atoms with van der Waals surface area (Å²) in [5.41, 5.74) is 1.25. The van der Waals surface area contributed by atoms with Crippen LogP contribution in [0.5, 0.6) is 5.75 Å². The number of rotatable bonds is 6. The van der Waals surface area contributed by atoms with E-state index in [-0.39, 0.29) is 12.2 Å². The Morgan fingerprint density at radius 3 is 2.52 bits per heavy atom. The number of nitrogens with zero attached hydrogens (tertiary/aromatic N) is 1. The fourth-order valence-electron chi connectivity index (χ4n) is 1.55. The maximum Gasteiger partial charge on any atom is 0.225 e. The van der Waals surface area contributed by atoms with Gasteiger partial charge in [-0.05, 0) is 18.6 Å². The number of hydrogen-bond donors (Lipinski definition) is 1. The highest BCUT2D eigenvalue weighted by molar-refractivity contribution is 7.89. The van der Waals surface area contributed by atoms with Crippen LogP contribution in [0.25, 0.3) is 0 Å². The van der Waals surface area contributed by atoms with Gasteiger partial charge in [-0.2, -0.15) is 0 Å². The predicted molar refractivity (Wildman–Crippen MR) is 83.5 cm³/mol. The van der Waals surface area contributed by atoms with E-state index in [1.165, 1.54) is 21.2 Å². The van der Waals surface area contributed by atoms with Gasteiger partial charge in [-0.15, -0.1) is 0 Å². The van der Waals surface area contributed by atoms with E-state index in [1.807, 2.05) is 0 Å². The van der Waals surface area contributed by atoms with E-state index in [0.29, 0.717) is 16.5 Å². The zero-order valence-electron chi connectivity index (χ0n) is 12.4. The first kappa shape index (κ1) is 17.7. The highest BCUT2D eigenvalue weighted by atomic mass is 35.5. The van der Waals surface area contributed by atoms with E-state index >= 15 is 0 Å². The van der Waals surface area contributed by atoms with Crippen molar-refractivity contribution in [3.8, 4) is 5.75 Å². The number of carbonyl (C=O) groups excluding carboxylic acids is 1. The van der Waals surface area contributed by atoms with Crippen molar-refractivity contribution in [2.45, 2.75) is 13.3 Å². The Hall–Kier alpha value is -1.31. The molecular weight excluding hydrogens is 316 g/mol. The smallest absolute Gasteiger partial charge is 0.225 e. The summed E-state index contributed by atoms with van der Waals surface area (Å²) >= 11 is 5.98. The van der Waals surface area contributed by atoms with Crippen LogP contribution in [0.1, 0.15) is 12.0 Å². The number of benzene rings is 1. The molecule has 0 saturated heterocycles. The Morgan fingerprint density at radius 1 is 1.38 bits per heavy atom. The van der Waals surface area contributed by atoms with Crippen molar-refractivity contribution in [1.29, 1.82) is 0 Å². The normalized spacial score (nSPS) is 11.5. The maximum atomic E-state index is 11.9. The molecule has 0 aromatic heterocycles. The molecule has 1 amide bonds. The van der Waals surface area contributed by atoms with Gasteiger partial charge in [0, 0.05) is 31.6 Å². The highest BCUT2D eigenvalue weighted by Gasteiger charge is 2.17. The minimum absolute atomic E-state index is 0.134. The zero-order chi connectivity index (χ0) is 16.2. The molecule has 1 aromatic rings. The Morgan fingerprint density at radius 2 is 2.00 bits per heavy atom. The Labute approximate surface area is 130 Å². The molecule has 1 rings (SSSR count). The molecule has 0 saturated carbocycles. The van der Waals surface area contributed by atoms with Crippen LogP contribution in [-0.2, 0) is 14.8 Å². The van der Waals surface area contributed by atoms with Gasteiger partial charge in [0.1, 0.15) is 5.75 Å². The number of hydrogen-bond acceptors (Lipinski definition) is 4. The molecule has 0 aliphatic heterocycles. The van der Waals surface area contributed by atoms with Crippen LogP contribution in [0.4, 0.5) is 5.69 Å². The molecule has 0 fully saturated rings. The van der Waals surface area contributed by atoms with E-state index in [2.05, 4.69) is 5.32 Å². The van der Waals surface area contributed by atoms with Crippen LogP contribution in [0.15, 0.2) is 12.1 Å². The third kappa shape index (κ3) is 4.87. The predicted octanol–water partition coefficient (Wildman–Crippen LogP) is 1.88. The van der Waals surface area contributed by atoms with Crippen molar-refractivity contribution in [1.82, 2.24) is 4.31 Å². The first-order chi connectivity index (χ1) is 9.67. The molecule has 8 heteroatoms. The van der Waals surface area contributed by atoms with E-state index in [9.17, 15) is 13.2 Å². The summed E-state index contributed by atoms with van der Waals surface area (Å²) in [5.74, 6) is -0.226. The van der Waals surface area contributed by atoms with E-state index < -0.39 is 15.9 Å². The van der Waals surface area contributed by atoms with Gasteiger partial charge in [-0.25, -0.2) is 12.7 Å². The molecule has 0 unspecified atom stereocenters. The Kier molecular flexibility index (Phi) is 6.00. The van der Waals surface area contributed by atoms with E-state index in [1.54, 1.807) is 19.1 Å². The molecule has 21 heavy (non-hydrogen) atoms. The van der Waals surface area contributed by atoms with Crippen LogP contribution in [-0.4, -0.2) is 45.6 Å². The van der Waals surface area contributed by atoms with Gasteiger partial charge in [-0.3, -0.25) is 4.79 Å². The Balaban J connectivity index is 2.78. The molecule has 1 aromatic carbocycles. The van der Waals surface area contributed by atoms with Gasteiger partial charge in [0.25, 0.3) is 0 Å². The molecule has 0 aliphatic rings. The number of carbonyl (C=O) groups is 1. The van der Waals surface area contributed by atoms with Crippen molar-refractivity contribution in [2.24, 2.45) is 0 Å². The van der Waals surface area contributed by atoms with Crippen molar-refractivity contribution in [2.75, 3.05) is 32.3 Å². The van der Waals surface area contributed by atoms with Gasteiger partial charge >= 0.3 is 0 Å². The molecule has 0 bridgehead atoms. The van der Waals surface area contributed by atoms with Gasteiger partial charge in [0.15, 0.2) is 0 Å². The lowest BCUT2D eigenvalue weighted by molar-refractivity contribution is -0.115. The number of ether oxygens (including phenoxy) is 1. The summed E-state index contributed by atoms with van der Waals surface area (Å²) < 4.78 is 29.5. The second-order valence-electron chi connectivity index (χ2n) is 4.70. The number of sulfonamides is 1. The summed E-state index contributed by atoms with van der Waals surface area (Å²) in [4.78, 5) is 11.9. The molecule has 118 valence electrons. The first-order valence-electron chi connectivity index (χ1n) is 6.21. The number of nitrogens with one attached hydrogen (secondary N) is 1. The average Bonchev–Trinajstić information content (AvgIpc) is 2.40. The quantitative estimate of drug-likeness (QED) is 0.861. The average molecular weight is 335 g/mol. The highest BCUT2D eigenvalue weighted by Crippen LogP contribution is 2.30. The molecule has 6 nitrogen and oxygen atoms in total. The molecule has 0 aliphatic carbocycles. The van der Waals surface area contributed by atoms with E-state index in [0.717, 1.165) is 9.87 Å². The van der Waals surface area contributed by atoms with E-state index in [4.69, 9.17) is 16.3 Å². The largest absolute Gasteiger partial charge is 0.495 e. The van der Waals surface area contributed by atoms with Crippen LogP contribution in [0.2, 0.25) is 5.02 Å². The van der Waals surface area contributed by atoms with Crippen LogP contribution in [0.3, 0.4) is 0 Å². The third-order valence-electron chi connectivity index (χ3n) is 2.90. The monoisotopic (exact) mass is 334 g/mol. The first-order valence-corrected chi connectivity index (χ1v) is 8.20. The SMILES string of the molecule is COc1cc(Cl)c(C)cc1NC(=O)CCS(=O)(=O)N(C)C. The topological polar surface area (TPSA) is 75.7 Å². The lowest BCUT2D eigenvalue weighted by Gasteiger charge is -2.13. The minimum Gasteiger partial charge on any atom is -0.495 e. The fourth-order valence-corrected chi connectivity index (χ4v) is 2.51. The summed E-state index contributed by atoms with van der Waals surface area (Å²) in [7, 11) is 0.928. The van der Waals surface area contributed by atoms with Gasteiger partial charge in [-0.1, -0.05) is 11.6 Å². The summed E-state index contributed by atoms with van der Waals surface area (Å²) in [6.07, 6.45) is -0.134. The number of halogens is 1. The molecular formula is C13H19ClN2O4S. The summed E-state index contributed by atoms with van der Waals surface area (Å²) in [6, 6.07) is 3.28. The van der Waals surface area contributed by atoms with Crippen LogP contribution in [0, 0.1) is 6.92 Å². The molecule has 1 N–H and O–H groups in total. The minimum atomic E-state index is -3.40. The van der Waals surface area contributed by atoms with Crippen LogP contribution < -0.4 is 10.1 Å². The van der Waals surface area contributed by atoms with Crippen molar-refractivity contribution < 1.29 is 17.9 Å². The zero-order valence-corrected chi connectivity index (χ0v) is 14.0. The lowest BCUT2D eigenvalue weighted by atomic mass is 10.2. The van der Waals surface area contributed by atoms with Gasteiger partial charge in [0.2, 0.25) is 15.9 Å². The second kappa shape index (κ2) is 7.11. The number of anilines is 1. The summed E-state index contributed by atoms with van der Waals surface area (Å²) in [5, 5.41) is 3.16. The molecule has 0 atom stereocenters. The number of amides is 1. The lowest BCUT2D eigenvalue weighted by Crippen LogP contribution is -2.27. The molecule has 0 radical (unpaired) electrons. The maximum absolute atomic E-state index is 11.9. The van der Waals surface area contributed by atoms with Crippen molar-refractivity contribution in [3.63, 3.8) is 0 Å². The molecule has 0 spiro atoms. The van der Waals surface area contributed by atoms with Crippen LogP contribution >= 0.6 is 11.6 Å². The number of methoxy groups -OCH3 is 1. The van der Waals surface area contributed by atoms with Crippen molar-refractivity contribution in [3.05, 3.63) is 22.7 Å². The van der Waals surface area contributed by atoms with Crippen molar-refractivity contribution >= 4 is 33.2 Å². The van der Waals surface area contributed by atoms with Gasteiger partial charge < -0.3 is 10.1 Å². The Bertz CT molecular complexity index is 629.